The van der Waals surface area contributed by atoms with Crippen molar-refractivity contribution in [2.75, 3.05) is 0 Å². The van der Waals surface area contributed by atoms with Gasteiger partial charge in [-0.25, -0.2) is 4.79 Å². The average molecular weight is 313 g/mol. The zero-order valence-electron chi connectivity index (χ0n) is 16.7. The first-order valence-corrected chi connectivity index (χ1v) is 8.74. The molecule has 0 rings (SSSR count). The van der Waals surface area contributed by atoms with Gasteiger partial charge in [0, 0.05) is 11.1 Å². The highest BCUT2D eigenvalue weighted by Crippen LogP contribution is 2.32. The number of amides is 2. The van der Waals surface area contributed by atoms with E-state index >= 15 is 0 Å². The molecular weight excluding hydrogens is 272 g/mol. The molecule has 0 saturated heterocycles. The molecule has 0 heterocycles. The molecule has 0 aromatic carbocycles. The Balaban J connectivity index is 4.67. The molecule has 0 aliphatic heterocycles. The first-order chi connectivity index (χ1) is 9.64. The van der Waals surface area contributed by atoms with Crippen molar-refractivity contribution in [1.29, 1.82) is 0 Å². The van der Waals surface area contributed by atoms with Crippen molar-refractivity contribution in [1.82, 2.24) is 10.6 Å². The van der Waals surface area contributed by atoms with E-state index in [4.69, 9.17) is 0 Å². The van der Waals surface area contributed by atoms with Gasteiger partial charge in [-0.3, -0.25) is 0 Å². The summed E-state index contributed by atoms with van der Waals surface area (Å²) in [4.78, 5) is 12.4. The number of carbonyl (C=O) groups is 1. The topological polar surface area (TPSA) is 41.1 Å². The van der Waals surface area contributed by atoms with Crippen molar-refractivity contribution in [2.24, 2.45) is 10.8 Å². The van der Waals surface area contributed by atoms with Crippen molar-refractivity contribution in [2.45, 2.75) is 106 Å². The molecular formula is C19H40N2O. The maximum Gasteiger partial charge on any atom is 0.315 e. The van der Waals surface area contributed by atoms with Gasteiger partial charge in [0.15, 0.2) is 0 Å². The van der Waals surface area contributed by atoms with Crippen LogP contribution in [-0.2, 0) is 0 Å². The summed E-state index contributed by atoms with van der Waals surface area (Å²) in [5.41, 5.74) is 0.0485. The molecule has 0 aliphatic rings. The van der Waals surface area contributed by atoms with E-state index in [-0.39, 0.29) is 27.9 Å². The fourth-order valence-corrected chi connectivity index (χ4v) is 3.38. The molecule has 0 aliphatic carbocycles. The van der Waals surface area contributed by atoms with Crippen LogP contribution < -0.4 is 10.6 Å². The van der Waals surface area contributed by atoms with Gasteiger partial charge in [0.05, 0.1) is 0 Å². The van der Waals surface area contributed by atoms with Crippen LogP contribution in [0.25, 0.3) is 0 Å². The number of rotatable bonds is 8. The van der Waals surface area contributed by atoms with E-state index in [1.165, 1.54) is 0 Å². The van der Waals surface area contributed by atoms with Crippen LogP contribution in [0.5, 0.6) is 0 Å². The van der Waals surface area contributed by atoms with Crippen molar-refractivity contribution in [3.63, 3.8) is 0 Å². The maximum absolute atomic E-state index is 12.4. The fraction of sp³-hybridized carbons (Fsp3) is 0.947. The summed E-state index contributed by atoms with van der Waals surface area (Å²) in [6.45, 7) is 21.8. The second kappa shape index (κ2) is 7.23. The van der Waals surface area contributed by atoms with Crippen LogP contribution in [0.3, 0.4) is 0 Å². The molecule has 2 amide bonds. The first-order valence-electron chi connectivity index (χ1n) is 8.74. The molecule has 0 spiro atoms. The molecule has 0 saturated carbocycles. The highest BCUT2D eigenvalue weighted by Gasteiger charge is 2.32. The smallest absolute Gasteiger partial charge is 0.315 e. The number of urea groups is 1. The Labute approximate surface area is 139 Å². The van der Waals surface area contributed by atoms with Gasteiger partial charge in [-0.05, 0) is 51.4 Å². The van der Waals surface area contributed by atoms with Crippen LogP contribution in [0.2, 0.25) is 0 Å². The zero-order chi connectivity index (χ0) is 17.8. The predicted molar refractivity (Wildman–Crippen MR) is 97.2 cm³/mol. The second-order valence-corrected chi connectivity index (χ2v) is 9.74. The van der Waals surface area contributed by atoms with Gasteiger partial charge < -0.3 is 10.6 Å². The van der Waals surface area contributed by atoms with Crippen LogP contribution in [0, 0.1) is 10.8 Å². The summed E-state index contributed by atoms with van der Waals surface area (Å²) in [5, 5.41) is 6.31. The number of hydrogen-bond acceptors (Lipinski definition) is 1. The van der Waals surface area contributed by atoms with Gasteiger partial charge in [-0.15, -0.1) is 0 Å². The zero-order valence-corrected chi connectivity index (χ0v) is 16.7. The van der Waals surface area contributed by atoms with Gasteiger partial charge in [0.1, 0.15) is 0 Å². The monoisotopic (exact) mass is 312 g/mol. The van der Waals surface area contributed by atoms with Gasteiger partial charge in [0.2, 0.25) is 0 Å². The molecule has 0 unspecified atom stereocenters. The van der Waals surface area contributed by atoms with Crippen LogP contribution in [-0.4, -0.2) is 17.1 Å². The average Bonchev–Trinajstić information content (AvgIpc) is 2.23. The van der Waals surface area contributed by atoms with Crippen molar-refractivity contribution < 1.29 is 4.79 Å². The predicted octanol–water partition coefficient (Wildman–Crippen LogP) is 5.50. The Hall–Kier alpha value is -0.730. The molecule has 2 N–H and O–H groups in total. The largest absolute Gasteiger partial charge is 0.333 e. The van der Waals surface area contributed by atoms with E-state index < -0.39 is 0 Å². The Morgan fingerprint density at radius 1 is 0.682 bits per heavy atom. The van der Waals surface area contributed by atoms with Gasteiger partial charge in [-0.2, -0.15) is 0 Å². The lowest BCUT2D eigenvalue weighted by molar-refractivity contribution is 0.179. The maximum atomic E-state index is 12.4. The molecule has 3 nitrogen and oxygen atoms in total. The Kier molecular flexibility index (Phi) is 6.99. The van der Waals surface area contributed by atoms with E-state index in [1.807, 2.05) is 0 Å². The van der Waals surface area contributed by atoms with Gasteiger partial charge >= 0.3 is 6.03 Å². The first kappa shape index (κ1) is 21.3. The number of nitrogens with one attached hydrogen (secondary N) is 2. The van der Waals surface area contributed by atoms with Crippen molar-refractivity contribution in [3.05, 3.63) is 0 Å². The SMILES string of the molecule is CCC(C)(C)CC(C)(C)NC(=O)NC(C)(C)CC(C)(C)CC. The quantitative estimate of drug-likeness (QED) is 0.611. The molecule has 3 heteroatoms. The molecule has 132 valence electrons. The number of hydrogen-bond donors (Lipinski definition) is 2. The van der Waals surface area contributed by atoms with E-state index in [0.29, 0.717) is 0 Å². The minimum atomic E-state index is -0.208. The normalized spacial score (nSPS) is 13.9. The lowest BCUT2D eigenvalue weighted by atomic mass is 9.78. The molecule has 0 aromatic rings. The standard InChI is InChI=1S/C19H40N2O/c1-11-16(3,4)13-18(7,8)20-15(22)21-19(9,10)14-17(5,6)12-2/h11-14H2,1-10H3,(H2,20,21,22). The van der Waals surface area contributed by atoms with Gasteiger partial charge in [0.25, 0.3) is 0 Å². The van der Waals surface area contributed by atoms with E-state index in [9.17, 15) is 4.79 Å². The van der Waals surface area contributed by atoms with E-state index in [0.717, 1.165) is 25.7 Å². The lowest BCUT2D eigenvalue weighted by Gasteiger charge is -2.38. The summed E-state index contributed by atoms with van der Waals surface area (Å²) in [5.74, 6) is 0. The molecule has 0 aromatic heterocycles. The van der Waals surface area contributed by atoms with Crippen LogP contribution in [0.15, 0.2) is 0 Å². The van der Waals surface area contributed by atoms with Crippen LogP contribution >= 0.6 is 0 Å². The molecule has 22 heavy (non-hydrogen) atoms. The third kappa shape index (κ3) is 8.65. The molecule has 0 bridgehead atoms. The third-order valence-electron chi connectivity index (χ3n) is 4.66. The minimum absolute atomic E-state index is 0.0613. The van der Waals surface area contributed by atoms with Gasteiger partial charge in [-0.1, -0.05) is 54.4 Å². The summed E-state index contributed by atoms with van der Waals surface area (Å²) < 4.78 is 0. The molecule has 0 atom stereocenters. The minimum Gasteiger partial charge on any atom is -0.333 e. The molecule has 0 radical (unpaired) electrons. The summed E-state index contributed by atoms with van der Waals surface area (Å²) in [7, 11) is 0. The lowest BCUT2D eigenvalue weighted by Crippen LogP contribution is -2.56. The van der Waals surface area contributed by atoms with Crippen molar-refractivity contribution >= 4 is 6.03 Å². The summed E-state index contributed by atoms with van der Waals surface area (Å²) in [6.07, 6.45) is 4.14. The third-order valence-corrected chi connectivity index (χ3v) is 4.66. The van der Waals surface area contributed by atoms with E-state index in [1.54, 1.807) is 0 Å². The van der Waals surface area contributed by atoms with E-state index in [2.05, 4.69) is 79.9 Å². The van der Waals surface area contributed by atoms with Crippen LogP contribution in [0.1, 0.15) is 94.9 Å². The Morgan fingerprint density at radius 3 is 1.18 bits per heavy atom. The van der Waals surface area contributed by atoms with Crippen molar-refractivity contribution in [3.8, 4) is 0 Å². The highest BCUT2D eigenvalue weighted by molar-refractivity contribution is 5.75. The number of carbonyl (C=O) groups excluding carboxylic acids is 1. The summed E-state index contributed by atoms with van der Waals surface area (Å²) in [6, 6.07) is -0.0613. The molecule has 0 fully saturated rings. The Morgan fingerprint density at radius 2 is 0.955 bits per heavy atom. The highest BCUT2D eigenvalue weighted by atomic mass is 16.2. The fourth-order valence-electron chi connectivity index (χ4n) is 3.38. The Bertz CT molecular complexity index is 334. The second-order valence-electron chi connectivity index (χ2n) is 9.74. The van der Waals surface area contributed by atoms with Crippen LogP contribution in [0.4, 0.5) is 4.79 Å². The summed E-state index contributed by atoms with van der Waals surface area (Å²) >= 11 is 0.